The van der Waals surface area contributed by atoms with E-state index < -0.39 is 29.4 Å². The van der Waals surface area contributed by atoms with Crippen molar-refractivity contribution in [2.45, 2.75) is 45.8 Å². The first-order chi connectivity index (χ1) is 8.66. The first-order valence-corrected chi connectivity index (χ1v) is 6.14. The van der Waals surface area contributed by atoms with Crippen LogP contribution >= 0.6 is 0 Å². The average molecular weight is 270 g/mol. The minimum atomic E-state index is -1.24. The first kappa shape index (κ1) is 15.3. The second-order valence-corrected chi connectivity index (χ2v) is 5.29. The molecule has 0 bridgehead atoms. The van der Waals surface area contributed by atoms with Crippen molar-refractivity contribution in [1.29, 1.82) is 0 Å². The van der Waals surface area contributed by atoms with Crippen molar-refractivity contribution >= 4 is 17.7 Å². The van der Waals surface area contributed by atoms with E-state index in [9.17, 15) is 18.8 Å². The van der Waals surface area contributed by atoms with Crippen LogP contribution in [0.2, 0.25) is 0 Å². The maximum atomic E-state index is 13.4. The number of alkyl halides is 1. The number of hydrogen-bond donors (Lipinski definition) is 2. The lowest BCUT2D eigenvalue weighted by Crippen LogP contribution is -2.53. The van der Waals surface area contributed by atoms with Crippen LogP contribution in [0.5, 0.6) is 0 Å². The first-order valence-electron chi connectivity index (χ1n) is 6.14. The molecule has 3 amide bonds. The second-order valence-electron chi connectivity index (χ2n) is 5.29. The SMILES string of the molecule is C=C(C(=O)NC1CCC(=O)NC1=O)C(C)(C)[C@H](C)F. The predicted molar refractivity (Wildman–Crippen MR) is 67.8 cm³/mol. The number of hydrogen-bond acceptors (Lipinski definition) is 3. The van der Waals surface area contributed by atoms with Crippen LogP contribution in [-0.2, 0) is 14.4 Å². The fraction of sp³-hybridized carbons (Fsp3) is 0.615. The lowest BCUT2D eigenvalue weighted by molar-refractivity contribution is -0.136. The van der Waals surface area contributed by atoms with Gasteiger partial charge in [-0.2, -0.15) is 0 Å². The van der Waals surface area contributed by atoms with E-state index in [1.54, 1.807) is 13.8 Å². The highest BCUT2D eigenvalue weighted by Gasteiger charge is 2.35. The summed E-state index contributed by atoms with van der Waals surface area (Å²) in [5, 5.41) is 4.62. The zero-order chi connectivity index (χ0) is 14.8. The maximum absolute atomic E-state index is 13.4. The summed E-state index contributed by atoms with van der Waals surface area (Å²) in [5.74, 6) is -1.46. The molecule has 19 heavy (non-hydrogen) atoms. The third kappa shape index (κ3) is 3.39. The summed E-state index contributed by atoms with van der Waals surface area (Å²) in [6, 6.07) is -0.771. The van der Waals surface area contributed by atoms with Gasteiger partial charge in [0, 0.05) is 17.4 Å². The predicted octanol–water partition coefficient (Wildman–Crippen LogP) is 0.848. The minimum Gasteiger partial charge on any atom is -0.340 e. The summed E-state index contributed by atoms with van der Waals surface area (Å²) in [6.07, 6.45) is -0.825. The van der Waals surface area contributed by atoms with E-state index in [0.717, 1.165) is 0 Å². The quantitative estimate of drug-likeness (QED) is 0.587. The van der Waals surface area contributed by atoms with Crippen LogP contribution in [0.1, 0.15) is 33.6 Å². The third-order valence-electron chi connectivity index (χ3n) is 3.59. The van der Waals surface area contributed by atoms with E-state index in [-0.39, 0.29) is 24.3 Å². The summed E-state index contributed by atoms with van der Waals surface area (Å²) in [6.45, 7) is 8.10. The fourth-order valence-corrected chi connectivity index (χ4v) is 1.61. The molecule has 0 spiro atoms. The van der Waals surface area contributed by atoms with E-state index in [2.05, 4.69) is 17.2 Å². The minimum absolute atomic E-state index is 0.0761. The summed E-state index contributed by atoms with van der Waals surface area (Å²) in [5.41, 5.74) is -0.933. The highest BCUT2D eigenvalue weighted by atomic mass is 19.1. The number of piperidine rings is 1. The van der Waals surface area contributed by atoms with Gasteiger partial charge in [-0.3, -0.25) is 19.7 Å². The second kappa shape index (κ2) is 5.50. The lowest BCUT2D eigenvalue weighted by atomic mass is 9.80. The standard InChI is InChI=1S/C13H19FN2O3/c1-7(13(3,4)8(2)14)11(18)15-9-5-6-10(17)16-12(9)19/h8-9H,1,5-6H2,2-4H3,(H,15,18)(H,16,17,19)/t8-,9?/m0/s1. The van der Waals surface area contributed by atoms with Crippen molar-refractivity contribution in [3.05, 3.63) is 12.2 Å². The lowest BCUT2D eigenvalue weighted by Gasteiger charge is -2.29. The van der Waals surface area contributed by atoms with Crippen molar-refractivity contribution in [2.75, 3.05) is 0 Å². The highest BCUT2D eigenvalue weighted by Crippen LogP contribution is 2.31. The van der Waals surface area contributed by atoms with Crippen molar-refractivity contribution in [1.82, 2.24) is 10.6 Å². The van der Waals surface area contributed by atoms with Crippen LogP contribution < -0.4 is 10.6 Å². The monoisotopic (exact) mass is 270 g/mol. The molecule has 0 aromatic carbocycles. The van der Waals surface area contributed by atoms with Gasteiger partial charge in [0.1, 0.15) is 12.2 Å². The molecule has 106 valence electrons. The molecule has 6 heteroatoms. The molecule has 1 unspecified atom stereocenters. The van der Waals surface area contributed by atoms with Crippen LogP contribution in [0, 0.1) is 5.41 Å². The summed E-state index contributed by atoms with van der Waals surface area (Å²) < 4.78 is 13.4. The number of carbonyl (C=O) groups is 3. The molecule has 5 nitrogen and oxygen atoms in total. The molecular formula is C13H19FN2O3. The smallest absolute Gasteiger partial charge is 0.249 e. The number of amides is 3. The van der Waals surface area contributed by atoms with Crippen molar-refractivity contribution in [2.24, 2.45) is 5.41 Å². The topological polar surface area (TPSA) is 75.3 Å². The van der Waals surface area contributed by atoms with Gasteiger partial charge >= 0.3 is 0 Å². The molecule has 0 radical (unpaired) electrons. The molecule has 2 atom stereocenters. The van der Waals surface area contributed by atoms with Crippen LogP contribution in [0.25, 0.3) is 0 Å². The van der Waals surface area contributed by atoms with Crippen molar-refractivity contribution in [3.8, 4) is 0 Å². The molecule has 0 aromatic heterocycles. The van der Waals surface area contributed by atoms with Gasteiger partial charge in [0.05, 0.1) is 0 Å². The van der Waals surface area contributed by atoms with Gasteiger partial charge in [0.25, 0.3) is 0 Å². The maximum Gasteiger partial charge on any atom is 0.249 e. The van der Waals surface area contributed by atoms with Gasteiger partial charge < -0.3 is 5.32 Å². The molecule has 1 aliphatic rings. The Kier molecular flexibility index (Phi) is 4.44. The van der Waals surface area contributed by atoms with E-state index in [1.807, 2.05) is 0 Å². The van der Waals surface area contributed by atoms with Crippen molar-refractivity contribution < 1.29 is 18.8 Å². The largest absolute Gasteiger partial charge is 0.340 e. The van der Waals surface area contributed by atoms with Gasteiger partial charge in [-0.25, -0.2) is 4.39 Å². The van der Waals surface area contributed by atoms with E-state index in [0.29, 0.717) is 0 Å². The van der Waals surface area contributed by atoms with Gasteiger partial charge in [0.2, 0.25) is 17.7 Å². The normalized spacial score (nSPS) is 21.6. The number of carbonyl (C=O) groups excluding carboxylic acids is 3. The van der Waals surface area contributed by atoms with Crippen LogP contribution in [0.3, 0.4) is 0 Å². The molecule has 1 fully saturated rings. The summed E-state index contributed by atoms with van der Waals surface area (Å²) in [7, 11) is 0. The van der Waals surface area contributed by atoms with Crippen LogP contribution in [0.4, 0.5) is 4.39 Å². The number of imide groups is 1. The summed E-state index contributed by atoms with van der Waals surface area (Å²) >= 11 is 0. The van der Waals surface area contributed by atoms with E-state index >= 15 is 0 Å². The third-order valence-corrected chi connectivity index (χ3v) is 3.59. The van der Waals surface area contributed by atoms with Gasteiger partial charge in [-0.1, -0.05) is 20.4 Å². The van der Waals surface area contributed by atoms with E-state index in [4.69, 9.17) is 0 Å². The van der Waals surface area contributed by atoms with Crippen molar-refractivity contribution in [3.63, 3.8) is 0 Å². The average Bonchev–Trinajstić information content (AvgIpc) is 2.31. The Balaban J connectivity index is 2.68. The Morgan fingerprint density at radius 1 is 1.53 bits per heavy atom. The van der Waals surface area contributed by atoms with Crippen LogP contribution in [-0.4, -0.2) is 29.9 Å². The molecule has 1 saturated heterocycles. The number of nitrogens with one attached hydrogen (secondary N) is 2. The summed E-state index contributed by atoms with van der Waals surface area (Å²) in [4.78, 5) is 34.4. The molecule has 0 aliphatic carbocycles. The fourth-order valence-electron chi connectivity index (χ4n) is 1.61. The molecule has 1 rings (SSSR count). The zero-order valence-corrected chi connectivity index (χ0v) is 11.4. The van der Waals surface area contributed by atoms with E-state index in [1.165, 1.54) is 6.92 Å². The molecule has 2 N–H and O–H groups in total. The molecule has 1 aliphatic heterocycles. The Morgan fingerprint density at radius 2 is 2.11 bits per heavy atom. The molecule has 1 heterocycles. The molecular weight excluding hydrogens is 251 g/mol. The Hall–Kier alpha value is -1.72. The number of rotatable bonds is 4. The Bertz CT molecular complexity index is 430. The highest BCUT2D eigenvalue weighted by molar-refractivity contribution is 6.03. The zero-order valence-electron chi connectivity index (χ0n) is 11.4. The van der Waals surface area contributed by atoms with Gasteiger partial charge in [0.15, 0.2) is 0 Å². The van der Waals surface area contributed by atoms with Crippen LogP contribution in [0.15, 0.2) is 12.2 Å². The number of halogens is 1. The van der Waals surface area contributed by atoms with Gasteiger partial charge in [-0.15, -0.1) is 0 Å². The molecule has 0 saturated carbocycles. The Morgan fingerprint density at radius 3 is 2.58 bits per heavy atom. The molecule has 0 aromatic rings. The Labute approximate surface area is 111 Å². The van der Waals surface area contributed by atoms with Gasteiger partial charge in [-0.05, 0) is 13.3 Å².